The zero-order valence-corrected chi connectivity index (χ0v) is 19.5. The Morgan fingerprint density at radius 1 is 1.23 bits per heavy atom. The predicted molar refractivity (Wildman–Crippen MR) is 121 cm³/mol. The average Bonchev–Trinajstić information content (AvgIpc) is 2.86. The standard InChI is InChI=1S/C19H36N6.HI/c1-6-17-9-7-8-13-25(17)14-12-22-19(20-4)21-11-10-18-15(2)23-24(5)16(18)3;/h17H,6-14H2,1-5H3,(H2,20,21,22);1H. The van der Waals surface area contributed by atoms with Crippen molar-refractivity contribution in [3.63, 3.8) is 0 Å². The summed E-state index contributed by atoms with van der Waals surface area (Å²) in [5, 5.41) is 11.4. The van der Waals surface area contributed by atoms with Gasteiger partial charge in [-0.05, 0) is 51.6 Å². The van der Waals surface area contributed by atoms with E-state index >= 15 is 0 Å². The van der Waals surface area contributed by atoms with Gasteiger partial charge >= 0.3 is 0 Å². The number of piperidine rings is 1. The number of rotatable bonds is 7. The van der Waals surface area contributed by atoms with Crippen LogP contribution in [0.25, 0.3) is 0 Å². The van der Waals surface area contributed by atoms with Crippen molar-refractivity contribution in [3.8, 4) is 0 Å². The molecular weight excluding hydrogens is 439 g/mol. The lowest BCUT2D eigenvalue weighted by Crippen LogP contribution is -2.46. The molecule has 1 aromatic rings. The first-order chi connectivity index (χ1) is 12.1. The van der Waals surface area contributed by atoms with E-state index in [4.69, 9.17) is 0 Å². The molecule has 0 amide bonds. The highest BCUT2D eigenvalue weighted by molar-refractivity contribution is 14.0. The molecule has 0 radical (unpaired) electrons. The molecule has 1 aromatic heterocycles. The van der Waals surface area contributed by atoms with E-state index in [2.05, 4.69) is 46.4 Å². The highest BCUT2D eigenvalue weighted by Crippen LogP contribution is 2.18. The predicted octanol–water partition coefficient (Wildman–Crippen LogP) is 2.63. The van der Waals surface area contributed by atoms with Gasteiger partial charge in [0.2, 0.25) is 0 Å². The van der Waals surface area contributed by atoms with Crippen molar-refractivity contribution in [2.45, 2.75) is 58.9 Å². The van der Waals surface area contributed by atoms with Gasteiger partial charge in [0.05, 0.1) is 5.69 Å². The van der Waals surface area contributed by atoms with Gasteiger partial charge in [-0.2, -0.15) is 5.10 Å². The fourth-order valence-electron chi connectivity index (χ4n) is 3.84. The highest BCUT2D eigenvalue weighted by atomic mass is 127. The van der Waals surface area contributed by atoms with E-state index < -0.39 is 0 Å². The molecule has 0 bridgehead atoms. The first kappa shape index (κ1) is 23.2. The van der Waals surface area contributed by atoms with Crippen molar-refractivity contribution in [1.82, 2.24) is 25.3 Å². The average molecular weight is 476 g/mol. The number of nitrogens with zero attached hydrogens (tertiary/aromatic N) is 4. The van der Waals surface area contributed by atoms with E-state index in [1.807, 2.05) is 18.8 Å². The molecule has 1 fully saturated rings. The maximum absolute atomic E-state index is 4.48. The highest BCUT2D eigenvalue weighted by Gasteiger charge is 2.19. The first-order valence-electron chi connectivity index (χ1n) is 9.74. The van der Waals surface area contributed by atoms with E-state index in [1.165, 1.54) is 43.5 Å². The van der Waals surface area contributed by atoms with Gasteiger partial charge in [-0.3, -0.25) is 14.6 Å². The van der Waals surface area contributed by atoms with Crippen LogP contribution in [0.2, 0.25) is 0 Å². The van der Waals surface area contributed by atoms with Gasteiger partial charge in [0.15, 0.2) is 5.96 Å². The molecule has 1 aliphatic rings. The second-order valence-electron chi connectivity index (χ2n) is 7.04. The molecule has 0 aromatic carbocycles. The van der Waals surface area contributed by atoms with Crippen LogP contribution in [0.3, 0.4) is 0 Å². The first-order valence-corrected chi connectivity index (χ1v) is 9.74. The molecule has 1 unspecified atom stereocenters. The molecule has 1 aliphatic heterocycles. The van der Waals surface area contributed by atoms with E-state index in [1.54, 1.807) is 0 Å². The second-order valence-corrected chi connectivity index (χ2v) is 7.04. The summed E-state index contributed by atoms with van der Waals surface area (Å²) in [6.45, 7) is 10.7. The van der Waals surface area contributed by atoms with Gasteiger partial charge in [-0.25, -0.2) is 0 Å². The van der Waals surface area contributed by atoms with E-state index in [-0.39, 0.29) is 24.0 Å². The van der Waals surface area contributed by atoms with Crippen molar-refractivity contribution in [2.24, 2.45) is 12.0 Å². The largest absolute Gasteiger partial charge is 0.356 e. The molecule has 2 heterocycles. The molecular formula is C19H37IN6. The molecule has 150 valence electrons. The summed E-state index contributed by atoms with van der Waals surface area (Å²) in [4.78, 5) is 6.98. The lowest BCUT2D eigenvalue weighted by Gasteiger charge is -2.35. The Balaban J connectivity index is 0.00000338. The quantitative estimate of drug-likeness (QED) is 0.361. The smallest absolute Gasteiger partial charge is 0.191 e. The minimum atomic E-state index is 0. The van der Waals surface area contributed by atoms with Gasteiger partial charge in [0, 0.05) is 45.5 Å². The summed E-state index contributed by atoms with van der Waals surface area (Å²) < 4.78 is 1.96. The molecule has 0 saturated carbocycles. The molecule has 1 atom stereocenters. The fraction of sp³-hybridized carbons (Fsp3) is 0.789. The Labute approximate surface area is 176 Å². The lowest BCUT2D eigenvalue weighted by molar-refractivity contribution is 0.147. The van der Waals surface area contributed by atoms with Crippen molar-refractivity contribution in [2.75, 3.05) is 33.2 Å². The Morgan fingerprint density at radius 2 is 1.96 bits per heavy atom. The minimum absolute atomic E-state index is 0. The van der Waals surface area contributed by atoms with Crippen LogP contribution in [0.4, 0.5) is 0 Å². The third-order valence-electron chi connectivity index (χ3n) is 5.46. The Morgan fingerprint density at radius 3 is 2.58 bits per heavy atom. The number of aryl methyl sites for hydroxylation is 2. The molecule has 6 nitrogen and oxygen atoms in total. The van der Waals surface area contributed by atoms with Crippen LogP contribution in [-0.2, 0) is 13.5 Å². The van der Waals surface area contributed by atoms with Gasteiger partial charge in [-0.15, -0.1) is 24.0 Å². The number of guanidine groups is 1. The van der Waals surface area contributed by atoms with Crippen molar-refractivity contribution in [3.05, 3.63) is 17.0 Å². The SMILES string of the molecule is CCC1CCCCN1CCNC(=NC)NCCc1c(C)nn(C)c1C.I. The van der Waals surface area contributed by atoms with Crippen molar-refractivity contribution >= 4 is 29.9 Å². The summed E-state index contributed by atoms with van der Waals surface area (Å²) in [5.41, 5.74) is 3.71. The zero-order valence-electron chi connectivity index (χ0n) is 17.1. The summed E-state index contributed by atoms with van der Waals surface area (Å²) in [5.74, 6) is 0.893. The third kappa shape index (κ3) is 6.40. The fourth-order valence-corrected chi connectivity index (χ4v) is 3.84. The van der Waals surface area contributed by atoms with Crippen molar-refractivity contribution < 1.29 is 0 Å². The van der Waals surface area contributed by atoms with E-state index in [0.717, 1.165) is 43.8 Å². The Kier molecular flexibility index (Phi) is 10.5. The number of hydrogen-bond acceptors (Lipinski definition) is 3. The maximum Gasteiger partial charge on any atom is 0.191 e. The Bertz CT molecular complexity index is 569. The normalized spacial score (nSPS) is 18.5. The number of halogens is 1. The van der Waals surface area contributed by atoms with Crippen LogP contribution >= 0.6 is 24.0 Å². The molecule has 2 rings (SSSR count). The summed E-state index contributed by atoms with van der Waals surface area (Å²) >= 11 is 0. The molecule has 0 aliphatic carbocycles. The molecule has 2 N–H and O–H groups in total. The van der Waals surface area contributed by atoms with Crippen LogP contribution in [0, 0.1) is 13.8 Å². The third-order valence-corrected chi connectivity index (χ3v) is 5.46. The molecule has 1 saturated heterocycles. The van der Waals surface area contributed by atoms with Crippen LogP contribution in [0.5, 0.6) is 0 Å². The number of likely N-dealkylation sites (tertiary alicyclic amines) is 1. The Hall–Kier alpha value is -0.830. The molecule has 0 spiro atoms. The van der Waals surface area contributed by atoms with Gasteiger partial charge in [0.1, 0.15) is 0 Å². The summed E-state index contributed by atoms with van der Waals surface area (Å²) in [6.07, 6.45) is 6.31. The molecule has 26 heavy (non-hydrogen) atoms. The monoisotopic (exact) mass is 476 g/mol. The summed E-state index contributed by atoms with van der Waals surface area (Å²) in [7, 11) is 3.84. The number of aromatic nitrogens is 2. The summed E-state index contributed by atoms with van der Waals surface area (Å²) in [6, 6.07) is 0.766. The van der Waals surface area contributed by atoms with Crippen LogP contribution in [-0.4, -0.2) is 59.9 Å². The van der Waals surface area contributed by atoms with E-state index in [9.17, 15) is 0 Å². The number of aliphatic imine (C=N–C) groups is 1. The van der Waals surface area contributed by atoms with Crippen LogP contribution < -0.4 is 10.6 Å². The van der Waals surface area contributed by atoms with Gasteiger partial charge < -0.3 is 10.6 Å². The minimum Gasteiger partial charge on any atom is -0.356 e. The maximum atomic E-state index is 4.48. The zero-order chi connectivity index (χ0) is 18.2. The second kappa shape index (κ2) is 11.8. The number of hydrogen-bond donors (Lipinski definition) is 2. The topological polar surface area (TPSA) is 57.5 Å². The van der Waals surface area contributed by atoms with E-state index in [0.29, 0.717) is 0 Å². The van der Waals surface area contributed by atoms with Gasteiger partial charge in [-0.1, -0.05) is 13.3 Å². The van der Waals surface area contributed by atoms with Crippen LogP contribution in [0.15, 0.2) is 4.99 Å². The van der Waals surface area contributed by atoms with Gasteiger partial charge in [0.25, 0.3) is 0 Å². The lowest BCUT2D eigenvalue weighted by atomic mass is 10.0. The van der Waals surface area contributed by atoms with Crippen LogP contribution in [0.1, 0.15) is 49.6 Å². The number of nitrogens with one attached hydrogen (secondary N) is 2. The van der Waals surface area contributed by atoms with Crippen molar-refractivity contribution in [1.29, 1.82) is 0 Å². The molecule has 7 heteroatoms.